The highest BCUT2D eigenvalue weighted by atomic mass is 19.3. The third-order valence-electron chi connectivity index (χ3n) is 2.35. The predicted octanol–water partition coefficient (Wildman–Crippen LogP) is 2.96. The molecule has 0 aromatic heterocycles. The van der Waals surface area contributed by atoms with Gasteiger partial charge in [0.15, 0.2) is 5.78 Å². The number of carbonyl (C=O) groups is 1. The molecule has 0 atom stereocenters. The van der Waals surface area contributed by atoms with E-state index in [9.17, 15) is 23.7 Å². The smallest absolute Gasteiger partial charge is 0.387 e. The van der Waals surface area contributed by atoms with Crippen LogP contribution in [0.3, 0.4) is 0 Å². The molecular formula is C11H11F2NO4. The number of nitro groups is 1. The second kappa shape index (κ2) is 5.52. The van der Waals surface area contributed by atoms with Gasteiger partial charge in [0.05, 0.1) is 11.0 Å². The highest BCUT2D eigenvalue weighted by Gasteiger charge is 2.20. The minimum absolute atomic E-state index is 0.0300. The van der Waals surface area contributed by atoms with Crippen molar-refractivity contribution in [1.29, 1.82) is 0 Å². The van der Waals surface area contributed by atoms with Crippen LogP contribution in [0.15, 0.2) is 12.1 Å². The van der Waals surface area contributed by atoms with Gasteiger partial charge < -0.3 is 4.74 Å². The van der Waals surface area contributed by atoms with Crippen LogP contribution in [0.4, 0.5) is 14.5 Å². The van der Waals surface area contributed by atoms with Gasteiger partial charge >= 0.3 is 6.61 Å². The second-order valence-corrected chi connectivity index (χ2v) is 3.52. The topological polar surface area (TPSA) is 69.4 Å². The Bertz CT molecular complexity index is 488. The van der Waals surface area contributed by atoms with Crippen molar-refractivity contribution in [2.75, 3.05) is 0 Å². The first-order chi connectivity index (χ1) is 8.36. The van der Waals surface area contributed by atoms with E-state index in [0.717, 1.165) is 12.1 Å². The first-order valence-corrected chi connectivity index (χ1v) is 5.13. The highest BCUT2D eigenvalue weighted by Crippen LogP contribution is 2.30. The molecule has 0 saturated carbocycles. The lowest BCUT2D eigenvalue weighted by molar-refractivity contribution is -0.385. The van der Waals surface area contributed by atoms with E-state index in [1.165, 1.54) is 6.92 Å². The summed E-state index contributed by atoms with van der Waals surface area (Å²) in [4.78, 5) is 21.3. The SMILES string of the molecule is CCc1c(OC(F)F)cc([N+](=O)[O-])cc1C(C)=O. The Morgan fingerprint density at radius 2 is 2.11 bits per heavy atom. The fourth-order valence-electron chi connectivity index (χ4n) is 1.62. The second-order valence-electron chi connectivity index (χ2n) is 3.52. The van der Waals surface area contributed by atoms with Gasteiger partial charge in [-0.3, -0.25) is 14.9 Å². The van der Waals surface area contributed by atoms with Crippen molar-refractivity contribution in [3.63, 3.8) is 0 Å². The van der Waals surface area contributed by atoms with Crippen molar-refractivity contribution < 1.29 is 23.2 Å². The van der Waals surface area contributed by atoms with Crippen molar-refractivity contribution >= 4 is 11.5 Å². The lowest BCUT2D eigenvalue weighted by Gasteiger charge is -2.12. The minimum Gasteiger partial charge on any atom is -0.434 e. The van der Waals surface area contributed by atoms with E-state index in [1.54, 1.807) is 6.92 Å². The average molecular weight is 259 g/mol. The van der Waals surface area contributed by atoms with Crippen LogP contribution < -0.4 is 4.74 Å². The van der Waals surface area contributed by atoms with Gasteiger partial charge in [0, 0.05) is 17.2 Å². The summed E-state index contributed by atoms with van der Waals surface area (Å²) in [5.41, 5.74) is -0.177. The van der Waals surface area contributed by atoms with Gasteiger partial charge in [-0.15, -0.1) is 0 Å². The fourth-order valence-corrected chi connectivity index (χ4v) is 1.62. The number of hydrogen-bond donors (Lipinski definition) is 0. The zero-order valence-electron chi connectivity index (χ0n) is 9.78. The number of halogens is 2. The molecule has 1 rings (SSSR count). The number of nitrogens with zero attached hydrogens (tertiary/aromatic N) is 1. The molecule has 18 heavy (non-hydrogen) atoms. The van der Waals surface area contributed by atoms with E-state index < -0.39 is 23.0 Å². The van der Waals surface area contributed by atoms with E-state index in [4.69, 9.17) is 0 Å². The van der Waals surface area contributed by atoms with E-state index in [-0.39, 0.29) is 23.3 Å². The van der Waals surface area contributed by atoms with E-state index in [2.05, 4.69) is 4.74 Å². The number of benzene rings is 1. The van der Waals surface area contributed by atoms with Crippen molar-refractivity contribution in [3.05, 3.63) is 33.4 Å². The van der Waals surface area contributed by atoms with E-state index in [0.29, 0.717) is 0 Å². The molecule has 1 aromatic rings. The monoisotopic (exact) mass is 259 g/mol. The summed E-state index contributed by atoms with van der Waals surface area (Å²) < 4.78 is 28.7. The molecule has 7 heteroatoms. The van der Waals surface area contributed by atoms with Gasteiger partial charge in [0.1, 0.15) is 5.75 Å². The summed E-state index contributed by atoms with van der Waals surface area (Å²) in [5, 5.41) is 10.7. The van der Waals surface area contributed by atoms with Gasteiger partial charge in [0.25, 0.3) is 5.69 Å². The molecule has 0 spiro atoms. The molecule has 0 aliphatic heterocycles. The van der Waals surface area contributed by atoms with Crippen molar-refractivity contribution in [2.24, 2.45) is 0 Å². The number of hydrogen-bond acceptors (Lipinski definition) is 4. The molecule has 0 aliphatic rings. The molecule has 0 heterocycles. The average Bonchev–Trinajstić information content (AvgIpc) is 2.26. The summed E-state index contributed by atoms with van der Waals surface area (Å²) in [6.45, 7) is -0.242. The number of non-ortho nitro benzene ring substituents is 1. The molecule has 1 aromatic carbocycles. The number of rotatable bonds is 5. The molecule has 0 bridgehead atoms. The molecule has 0 unspecified atom stereocenters. The van der Waals surface area contributed by atoms with Gasteiger partial charge in [-0.2, -0.15) is 8.78 Å². The van der Waals surface area contributed by atoms with Gasteiger partial charge in [0.2, 0.25) is 0 Å². The number of ketones is 1. The third kappa shape index (κ3) is 2.99. The third-order valence-corrected chi connectivity index (χ3v) is 2.35. The zero-order valence-corrected chi connectivity index (χ0v) is 9.78. The molecule has 0 radical (unpaired) electrons. The Kier molecular flexibility index (Phi) is 4.30. The maximum atomic E-state index is 12.2. The van der Waals surface area contributed by atoms with Crippen LogP contribution in [0.2, 0.25) is 0 Å². The Balaban J connectivity index is 3.45. The van der Waals surface area contributed by atoms with Crippen molar-refractivity contribution in [3.8, 4) is 5.75 Å². The van der Waals surface area contributed by atoms with Gasteiger partial charge in [-0.05, 0) is 13.3 Å². The van der Waals surface area contributed by atoms with Crippen LogP contribution in [-0.2, 0) is 6.42 Å². The fraction of sp³-hybridized carbons (Fsp3) is 0.364. The van der Waals surface area contributed by atoms with Crippen LogP contribution >= 0.6 is 0 Å². The van der Waals surface area contributed by atoms with Crippen LogP contribution in [0, 0.1) is 10.1 Å². The predicted molar refractivity (Wildman–Crippen MR) is 59.1 cm³/mol. The molecule has 5 nitrogen and oxygen atoms in total. The first kappa shape index (κ1) is 14.0. The van der Waals surface area contributed by atoms with E-state index in [1.807, 2.05) is 0 Å². The van der Waals surface area contributed by atoms with Crippen molar-refractivity contribution in [2.45, 2.75) is 26.9 Å². The Morgan fingerprint density at radius 1 is 1.50 bits per heavy atom. The molecule has 0 amide bonds. The normalized spacial score (nSPS) is 10.5. The van der Waals surface area contributed by atoms with Crippen LogP contribution in [0.1, 0.15) is 29.8 Å². The molecule has 0 fully saturated rings. The molecule has 0 aliphatic carbocycles. The summed E-state index contributed by atoms with van der Waals surface area (Å²) in [7, 11) is 0. The summed E-state index contributed by atoms with van der Waals surface area (Å²) in [6.07, 6.45) is 0.259. The number of alkyl halides is 2. The lowest BCUT2D eigenvalue weighted by atomic mass is 10.00. The number of Topliss-reactive ketones (excluding diaryl/α,β-unsaturated/α-hetero) is 1. The standard InChI is InChI=1S/C11H11F2NO4/c1-3-8-9(6(2)15)4-7(14(16)17)5-10(8)18-11(12)13/h4-5,11H,3H2,1-2H3. The maximum Gasteiger partial charge on any atom is 0.387 e. The largest absolute Gasteiger partial charge is 0.434 e. The lowest BCUT2D eigenvalue weighted by Crippen LogP contribution is -2.09. The summed E-state index contributed by atoms with van der Waals surface area (Å²) in [5.74, 6) is -0.762. The number of carbonyl (C=O) groups excluding carboxylic acids is 1. The molecular weight excluding hydrogens is 248 g/mol. The van der Waals surface area contributed by atoms with Gasteiger partial charge in [-0.1, -0.05) is 6.92 Å². The Hall–Kier alpha value is -2.05. The number of ether oxygens (including phenoxy) is 1. The van der Waals surface area contributed by atoms with Crippen molar-refractivity contribution in [1.82, 2.24) is 0 Å². The highest BCUT2D eigenvalue weighted by molar-refractivity contribution is 5.97. The molecule has 0 saturated heterocycles. The van der Waals surface area contributed by atoms with Crippen LogP contribution in [0.5, 0.6) is 5.75 Å². The minimum atomic E-state index is -3.10. The van der Waals surface area contributed by atoms with Crippen LogP contribution in [-0.4, -0.2) is 17.3 Å². The zero-order chi connectivity index (χ0) is 13.9. The first-order valence-electron chi connectivity index (χ1n) is 5.13. The molecule has 98 valence electrons. The Labute approximate surface area is 102 Å². The van der Waals surface area contributed by atoms with Crippen LogP contribution in [0.25, 0.3) is 0 Å². The summed E-state index contributed by atoms with van der Waals surface area (Å²) >= 11 is 0. The maximum absolute atomic E-state index is 12.2. The van der Waals surface area contributed by atoms with Gasteiger partial charge in [-0.25, -0.2) is 0 Å². The van der Waals surface area contributed by atoms with E-state index >= 15 is 0 Å². The quantitative estimate of drug-likeness (QED) is 0.463. The summed E-state index contributed by atoms with van der Waals surface area (Å²) in [6, 6.07) is 1.97. The molecule has 0 N–H and O–H groups in total. The Morgan fingerprint density at radius 3 is 2.50 bits per heavy atom. The number of nitro benzene ring substituents is 1.